The maximum Gasteiger partial charge on any atom is 0.421 e. The van der Waals surface area contributed by atoms with Gasteiger partial charge in [-0.1, -0.05) is 0 Å². The van der Waals surface area contributed by atoms with Gasteiger partial charge in [0, 0.05) is 6.42 Å². The monoisotopic (exact) mass is 447 g/mol. The molecular weight excluding hydrogens is 413 g/mol. The molecule has 1 saturated carbocycles. The molecule has 31 heavy (non-hydrogen) atoms. The van der Waals surface area contributed by atoms with Gasteiger partial charge in [0.25, 0.3) is 0 Å². The molecule has 0 aromatic carbocycles. The first kappa shape index (κ1) is 26.6. The number of alkyl halides is 1. The van der Waals surface area contributed by atoms with Crippen LogP contribution < -0.4 is 0 Å². The third kappa shape index (κ3) is 6.07. The van der Waals surface area contributed by atoms with E-state index >= 15 is 4.39 Å². The van der Waals surface area contributed by atoms with Gasteiger partial charge >= 0.3 is 24.1 Å². The van der Waals surface area contributed by atoms with E-state index in [0.29, 0.717) is 0 Å². The Morgan fingerprint density at radius 3 is 1.48 bits per heavy atom. The van der Waals surface area contributed by atoms with Gasteiger partial charge in [0.2, 0.25) is 11.2 Å². The minimum atomic E-state index is -3.01. The molecule has 0 heterocycles. The summed E-state index contributed by atoms with van der Waals surface area (Å²) in [6.07, 6.45) is -3.54. The topological polar surface area (TPSA) is 108 Å². The molecule has 2 unspecified atom stereocenters. The molecule has 0 radical (unpaired) electrons. The van der Waals surface area contributed by atoms with Gasteiger partial charge < -0.3 is 18.9 Å². The lowest BCUT2D eigenvalue weighted by molar-refractivity contribution is -0.170. The maximum absolute atomic E-state index is 15.8. The highest BCUT2D eigenvalue weighted by atomic mass is 19.1. The average Bonchev–Trinajstić information content (AvgIpc) is 3.10. The number of carbonyl (C=O) groups is 4. The molecular formula is C21H34FNO8. The summed E-state index contributed by atoms with van der Waals surface area (Å²) < 4.78 is 36.3. The first-order chi connectivity index (χ1) is 13.7. The summed E-state index contributed by atoms with van der Waals surface area (Å²) in [5, 5.41) is 0. The number of hydrogen-bond donors (Lipinski definition) is 0. The van der Waals surface area contributed by atoms with Crippen molar-refractivity contribution < 1.29 is 42.5 Å². The van der Waals surface area contributed by atoms with Crippen LogP contribution in [-0.4, -0.2) is 63.6 Å². The third-order valence-corrected chi connectivity index (χ3v) is 3.90. The van der Waals surface area contributed by atoms with Gasteiger partial charge in [-0.3, -0.25) is 0 Å². The Hall–Kier alpha value is -2.39. The van der Waals surface area contributed by atoms with E-state index in [1.54, 1.807) is 0 Å². The van der Waals surface area contributed by atoms with Crippen molar-refractivity contribution in [2.24, 2.45) is 0 Å². The summed E-state index contributed by atoms with van der Waals surface area (Å²) in [7, 11) is 0. The Labute approximate surface area is 182 Å². The Kier molecular flexibility index (Phi) is 7.11. The molecule has 0 aliphatic heterocycles. The fourth-order valence-electron chi connectivity index (χ4n) is 2.74. The molecule has 10 heteroatoms. The second kappa shape index (κ2) is 8.27. The molecule has 1 fully saturated rings. The van der Waals surface area contributed by atoms with E-state index in [9.17, 15) is 19.2 Å². The van der Waals surface area contributed by atoms with Crippen molar-refractivity contribution in [2.45, 2.75) is 104 Å². The predicted molar refractivity (Wildman–Crippen MR) is 108 cm³/mol. The van der Waals surface area contributed by atoms with Crippen LogP contribution in [0.25, 0.3) is 0 Å². The van der Waals surface area contributed by atoms with Crippen molar-refractivity contribution in [1.82, 2.24) is 4.90 Å². The highest BCUT2D eigenvalue weighted by Gasteiger charge is 2.86. The number of carbonyl (C=O) groups excluding carboxylic acids is 4. The first-order valence-electron chi connectivity index (χ1n) is 10.1. The van der Waals surface area contributed by atoms with Crippen molar-refractivity contribution in [1.29, 1.82) is 0 Å². The van der Waals surface area contributed by atoms with Crippen LogP contribution in [0.5, 0.6) is 0 Å². The van der Waals surface area contributed by atoms with Gasteiger partial charge in [0.1, 0.15) is 16.8 Å². The van der Waals surface area contributed by atoms with Gasteiger partial charge in [0.05, 0.1) is 6.61 Å². The minimum Gasteiger partial charge on any atom is -0.464 e. The Balaban J connectivity index is 3.62. The molecule has 2 amide bonds. The van der Waals surface area contributed by atoms with Crippen LogP contribution in [0.4, 0.5) is 14.0 Å². The van der Waals surface area contributed by atoms with Crippen molar-refractivity contribution >= 4 is 24.1 Å². The quantitative estimate of drug-likeness (QED) is 0.471. The van der Waals surface area contributed by atoms with Gasteiger partial charge in [-0.05, 0) is 69.2 Å². The first-order valence-corrected chi connectivity index (χ1v) is 10.1. The number of rotatable bonds is 4. The summed E-state index contributed by atoms with van der Waals surface area (Å²) in [5.74, 6) is -2.68. The fourth-order valence-corrected chi connectivity index (χ4v) is 2.74. The molecule has 1 rings (SSSR count). The van der Waals surface area contributed by atoms with E-state index < -0.39 is 58.6 Å². The lowest BCUT2D eigenvalue weighted by Crippen LogP contribution is -2.59. The Morgan fingerprint density at radius 2 is 1.16 bits per heavy atom. The number of amides is 2. The number of nitrogens with zero attached hydrogens (tertiary/aromatic N) is 1. The number of halogens is 1. The van der Waals surface area contributed by atoms with E-state index in [1.807, 2.05) is 0 Å². The number of ether oxygens (including phenoxy) is 4. The summed E-state index contributed by atoms with van der Waals surface area (Å²) in [4.78, 5) is 51.7. The highest BCUT2D eigenvalue weighted by Crippen LogP contribution is 2.58. The zero-order chi connectivity index (χ0) is 24.6. The maximum atomic E-state index is 15.8. The second-order valence-electron chi connectivity index (χ2n) is 10.4. The molecule has 0 bridgehead atoms. The molecule has 0 aromatic rings. The van der Waals surface area contributed by atoms with Crippen molar-refractivity contribution in [3.8, 4) is 0 Å². The van der Waals surface area contributed by atoms with E-state index in [1.165, 1.54) is 69.2 Å². The zero-order valence-corrected chi connectivity index (χ0v) is 20.0. The molecule has 0 spiro atoms. The van der Waals surface area contributed by atoms with Gasteiger partial charge in [-0.2, -0.15) is 4.90 Å². The fraction of sp³-hybridized carbons (Fsp3) is 0.810. The summed E-state index contributed by atoms with van der Waals surface area (Å²) in [5.41, 5.74) is -8.93. The van der Waals surface area contributed by atoms with Crippen LogP contribution in [0, 0.1) is 0 Å². The second-order valence-corrected chi connectivity index (χ2v) is 10.4. The zero-order valence-electron chi connectivity index (χ0n) is 20.0. The SMILES string of the molecule is CCOC(=O)C1(F)CC1(C(=O)OC(C)(C)C)N(C(=O)OC(C)(C)C)C(=O)OC(C)(C)C. The largest absolute Gasteiger partial charge is 0.464 e. The number of hydrogen-bond acceptors (Lipinski definition) is 8. The van der Waals surface area contributed by atoms with Crippen molar-refractivity contribution in [3.63, 3.8) is 0 Å². The van der Waals surface area contributed by atoms with E-state index in [-0.39, 0.29) is 11.5 Å². The molecule has 0 saturated heterocycles. The Morgan fingerprint density at radius 1 is 0.774 bits per heavy atom. The smallest absolute Gasteiger partial charge is 0.421 e. The van der Waals surface area contributed by atoms with Gasteiger partial charge in [0.15, 0.2) is 0 Å². The van der Waals surface area contributed by atoms with Crippen LogP contribution >= 0.6 is 0 Å². The molecule has 0 aromatic heterocycles. The Bertz CT molecular complexity index is 718. The average molecular weight is 448 g/mol. The third-order valence-electron chi connectivity index (χ3n) is 3.90. The number of imide groups is 1. The molecule has 0 N–H and O–H groups in total. The number of esters is 2. The van der Waals surface area contributed by atoms with Crippen LogP contribution in [0.15, 0.2) is 0 Å². The lowest BCUT2D eigenvalue weighted by Gasteiger charge is -2.34. The van der Waals surface area contributed by atoms with E-state index in [0.717, 1.165) is 0 Å². The summed E-state index contributed by atoms with van der Waals surface area (Å²) in [6.45, 7) is 15.0. The van der Waals surface area contributed by atoms with Gasteiger partial charge in [-0.15, -0.1) is 0 Å². The van der Waals surface area contributed by atoms with Crippen molar-refractivity contribution in [2.75, 3.05) is 6.61 Å². The standard InChI is InChI=1S/C21H34FNO8/c1-11-28-13(24)20(22)12-21(20,14(25)29-17(2,3)4)23(15(26)30-18(5,6)7)16(27)31-19(8,9)10/h11-12H2,1-10H3. The molecule has 178 valence electrons. The van der Waals surface area contributed by atoms with E-state index in [4.69, 9.17) is 18.9 Å². The normalized spacial score (nSPS) is 23.5. The molecule has 1 aliphatic rings. The lowest BCUT2D eigenvalue weighted by atomic mass is 10.1. The minimum absolute atomic E-state index is 0.173. The van der Waals surface area contributed by atoms with Crippen LogP contribution in [0.2, 0.25) is 0 Å². The van der Waals surface area contributed by atoms with Crippen LogP contribution in [-0.2, 0) is 28.5 Å². The summed E-state index contributed by atoms with van der Waals surface area (Å²) >= 11 is 0. The van der Waals surface area contributed by atoms with Crippen LogP contribution in [0.1, 0.15) is 75.7 Å². The molecule has 1 aliphatic carbocycles. The molecule has 9 nitrogen and oxygen atoms in total. The van der Waals surface area contributed by atoms with Gasteiger partial charge in [-0.25, -0.2) is 23.6 Å². The van der Waals surface area contributed by atoms with Crippen LogP contribution in [0.3, 0.4) is 0 Å². The predicted octanol–water partition coefficient (Wildman–Crippen LogP) is 3.91. The molecule has 2 atom stereocenters. The van der Waals surface area contributed by atoms with Crippen molar-refractivity contribution in [3.05, 3.63) is 0 Å². The summed E-state index contributed by atoms with van der Waals surface area (Å²) in [6, 6.07) is 0. The van der Waals surface area contributed by atoms with E-state index in [2.05, 4.69) is 0 Å². The highest BCUT2D eigenvalue weighted by molar-refractivity contribution is 6.07.